The lowest BCUT2D eigenvalue weighted by Crippen LogP contribution is -2.44. The fourth-order valence-electron chi connectivity index (χ4n) is 4.51. The van der Waals surface area contributed by atoms with Crippen LogP contribution in [0.1, 0.15) is 48.8 Å². The van der Waals surface area contributed by atoms with Crippen molar-refractivity contribution in [2.24, 2.45) is 5.92 Å². The van der Waals surface area contributed by atoms with Gasteiger partial charge in [-0.15, -0.1) is 11.3 Å². The summed E-state index contributed by atoms with van der Waals surface area (Å²) in [4.78, 5) is 38.8. The van der Waals surface area contributed by atoms with Crippen LogP contribution in [-0.2, 0) is 4.79 Å². The number of nitrogens with zero attached hydrogens (tertiary/aromatic N) is 5. The molecule has 0 radical (unpaired) electrons. The van der Waals surface area contributed by atoms with Crippen LogP contribution >= 0.6 is 11.3 Å². The molecule has 0 aliphatic carbocycles. The van der Waals surface area contributed by atoms with E-state index in [1.165, 1.54) is 0 Å². The Morgan fingerprint density at radius 1 is 1.17 bits per heavy atom. The highest BCUT2D eigenvalue weighted by atomic mass is 32.1. The highest BCUT2D eigenvalue weighted by Gasteiger charge is 2.31. The molecule has 8 nitrogen and oxygen atoms in total. The lowest BCUT2D eigenvalue weighted by Gasteiger charge is -2.32. The molecule has 180 valence electrons. The molecule has 0 bridgehead atoms. The summed E-state index contributed by atoms with van der Waals surface area (Å²) in [5.41, 5.74) is 2.88. The van der Waals surface area contributed by atoms with Gasteiger partial charge in [-0.05, 0) is 63.3 Å². The SMILES string of the molecule is Cc1cccc(NC(=O)C2CCCN(C(=O)c3cc(-c4cccs4)nc4c3cnn4C(C)C)C2)n1. The zero-order chi connectivity index (χ0) is 24.5. The molecule has 1 atom stereocenters. The average molecular weight is 489 g/mol. The van der Waals surface area contributed by atoms with E-state index in [0.717, 1.165) is 34.5 Å². The van der Waals surface area contributed by atoms with Gasteiger partial charge in [0.15, 0.2) is 5.65 Å². The van der Waals surface area contributed by atoms with Crippen molar-refractivity contribution >= 4 is 40.0 Å². The number of pyridine rings is 2. The summed E-state index contributed by atoms with van der Waals surface area (Å²) < 4.78 is 1.85. The van der Waals surface area contributed by atoms with Crippen LogP contribution in [0.15, 0.2) is 48.0 Å². The summed E-state index contributed by atoms with van der Waals surface area (Å²) in [6.45, 7) is 6.96. The second kappa shape index (κ2) is 9.58. The molecule has 9 heteroatoms. The number of carbonyl (C=O) groups excluding carboxylic acids is 2. The fraction of sp³-hybridized carbons (Fsp3) is 0.346. The molecule has 4 aromatic heterocycles. The Kier molecular flexibility index (Phi) is 6.34. The van der Waals surface area contributed by atoms with E-state index in [4.69, 9.17) is 4.98 Å². The van der Waals surface area contributed by atoms with Crippen molar-refractivity contribution in [1.29, 1.82) is 0 Å². The molecule has 35 heavy (non-hydrogen) atoms. The minimum atomic E-state index is -0.289. The lowest BCUT2D eigenvalue weighted by molar-refractivity contribution is -0.121. The molecule has 5 rings (SSSR count). The van der Waals surface area contributed by atoms with E-state index in [9.17, 15) is 9.59 Å². The summed E-state index contributed by atoms with van der Waals surface area (Å²) >= 11 is 1.59. The van der Waals surface area contributed by atoms with Crippen molar-refractivity contribution < 1.29 is 9.59 Å². The standard InChI is InChI=1S/C26H28N6O2S/c1-16(2)32-24-20(14-27-32)19(13-21(29-24)22-9-6-12-35-22)26(34)31-11-5-8-18(15-31)25(33)30-23-10-4-7-17(3)28-23/h4,6-7,9-10,12-14,16,18H,5,8,11,15H2,1-3H3,(H,28,30,33). The molecule has 0 aromatic carbocycles. The molecule has 0 saturated carbocycles. The van der Waals surface area contributed by atoms with Crippen LogP contribution in [0.5, 0.6) is 0 Å². The van der Waals surface area contributed by atoms with Gasteiger partial charge in [0, 0.05) is 24.8 Å². The molecule has 0 spiro atoms. The summed E-state index contributed by atoms with van der Waals surface area (Å²) in [6, 6.07) is 11.5. The Bertz CT molecular complexity index is 1380. The van der Waals surface area contributed by atoms with Gasteiger partial charge in [0.25, 0.3) is 5.91 Å². The molecule has 5 heterocycles. The largest absolute Gasteiger partial charge is 0.338 e. The number of fused-ring (bicyclic) bond motifs is 1. The van der Waals surface area contributed by atoms with E-state index in [0.29, 0.717) is 30.1 Å². The van der Waals surface area contributed by atoms with Crippen molar-refractivity contribution in [3.63, 3.8) is 0 Å². The van der Waals surface area contributed by atoms with Crippen LogP contribution in [0.25, 0.3) is 21.6 Å². The third-order valence-corrected chi connectivity index (χ3v) is 7.17. The summed E-state index contributed by atoms with van der Waals surface area (Å²) in [5, 5.41) is 10.2. The number of hydrogen-bond donors (Lipinski definition) is 1. The van der Waals surface area contributed by atoms with Crippen molar-refractivity contribution in [1.82, 2.24) is 24.6 Å². The Morgan fingerprint density at radius 2 is 2.03 bits per heavy atom. The van der Waals surface area contributed by atoms with E-state index in [1.807, 2.05) is 61.2 Å². The lowest BCUT2D eigenvalue weighted by atomic mass is 9.96. The van der Waals surface area contributed by atoms with Crippen LogP contribution < -0.4 is 5.32 Å². The number of likely N-dealkylation sites (tertiary alicyclic amines) is 1. The molecular formula is C26H28N6O2S. The zero-order valence-electron chi connectivity index (χ0n) is 20.1. The minimum absolute atomic E-state index is 0.0929. The maximum Gasteiger partial charge on any atom is 0.254 e. The molecule has 1 aliphatic rings. The van der Waals surface area contributed by atoms with Crippen molar-refractivity contribution in [3.8, 4) is 10.6 Å². The molecular weight excluding hydrogens is 460 g/mol. The number of thiophene rings is 1. The molecule has 2 amide bonds. The van der Waals surface area contributed by atoms with Gasteiger partial charge < -0.3 is 10.2 Å². The molecule has 1 saturated heterocycles. The fourth-order valence-corrected chi connectivity index (χ4v) is 5.20. The average Bonchev–Trinajstić information content (AvgIpc) is 3.53. The topological polar surface area (TPSA) is 93.0 Å². The maximum absolute atomic E-state index is 13.8. The Hall–Kier alpha value is -3.59. The number of nitrogens with one attached hydrogen (secondary N) is 1. The maximum atomic E-state index is 13.8. The summed E-state index contributed by atoms with van der Waals surface area (Å²) in [6.07, 6.45) is 3.23. The van der Waals surface area contributed by atoms with Gasteiger partial charge in [0.1, 0.15) is 5.82 Å². The number of rotatable bonds is 5. The third kappa shape index (κ3) is 4.68. The summed E-state index contributed by atoms with van der Waals surface area (Å²) in [5.74, 6) is 0.0514. The first kappa shape index (κ1) is 23.2. The number of aromatic nitrogens is 4. The third-order valence-electron chi connectivity index (χ3n) is 6.28. The Balaban J connectivity index is 1.43. The molecule has 1 fully saturated rings. The first-order valence-electron chi connectivity index (χ1n) is 11.9. The number of hydrogen-bond acceptors (Lipinski definition) is 6. The van der Waals surface area contributed by atoms with Gasteiger partial charge in [-0.1, -0.05) is 12.1 Å². The molecule has 1 aliphatic heterocycles. The highest BCUT2D eigenvalue weighted by Crippen LogP contribution is 2.30. The zero-order valence-corrected chi connectivity index (χ0v) is 20.9. The quantitative estimate of drug-likeness (QED) is 0.430. The smallest absolute Gasteiger partial charge is 0.254 e. The summed E-state index contributed by atoms with van der Waals surface area (Å²) in [7, 11) is 0. The Labute approximate surface area is 208 Å². The van der Waals surface area contributed by atoms with Crippen LogP contribution in [0.2, 0.25) is 0 Å². The first-order valence-corrected chi connectivity index (χ1v) is 12.7. The van der Waals surface area contributed by atoms with Gasteiger partial charge in [0.05, 0.1) is 33.6 Å². The van der Waals surface area contributed by atoms with Crippen LogP contribution in [0.4, 0.5) is 5.82 Å². The number of piperidine rings is 1. The predicted octanol–water partition coefficient (Wildman–Crippen LogP) is 4.94. The van der Waals surface area contributed by atoms with Crippen LogP contribution in [-0.4, -0.2) is 49.6 Å². The Morgan fingerprint density at radius 3 is 2.77 bits per heavy atom. The van der Waals surface area contributed by atoms with Crippen molar-refractivity contribution in [2.45, 2.75) is 39.7 Å². The van der Waals surface area contributed by atoms with Crippen molar-refractivity contribution in [3.05, 3.63) is 59.2 Å². The first-order chi connectivity index (χ1) is 16.9. The molecule has 1 N–H and O–H groups in total. The number of aryl methyl sites for hydroxylation is 1. The highest BCUT2D eigenvalue weighted by molar-refractivity contribution is 7.13. The number of anilines is 1. The van der Waals surface area contributed by atoms with E-state index in [-0.39, 0.29) is 23.8 Å². The van der Waals surface area contributed by atoms with Crippen LogP contribution in [0.3, 0.4) is 0 Å². The van der Waals surface area contributed by atoms with E-state index in [1.54, 1.807) is 28.5 Å². The monoisotopic (exact) mass is 488 g/mol. The van der Waals surface area contributed by atoms with Gasteiger partial charge in [-0.2, -0.15) is 5.10 Å². The second-order valence-corrected chi connectivity index (χ2v) is 10.1. The van der Waals surface area contributed by atoms with Crippen LogP contribution in [0, 0.1) is 12.8 Å². The van der Waals surface area contributed by atoms with E-state index >= 15 is 0 Å². The second-order valence-electron chi connectivity index (χ2n) is 9.20. The number of amides is 2. The normalized spacial score (nSPS) is 16.1. The van der Waals surface area contributed by atoms with Gasteiger partial charge in [-0.3, -0.25) is 9.59 Å². The predicted molar refractivity (Wildman–Crippen MR) is 137 cm³/mol. The van der Waals surface area contributed by atoms with Gasteiger partial charge >= 0.3 is 0 Å². The van der Waals surface area contributed by atoms with Gasteiger partial charge in [-0.25, -0.2) is 14.6 Å². The van der Waals surface area contributed by atoms with Gasteiger partial charge in [0.2, 0.25) is 5.91 Å². The molecule has 4 aromatic rings. The number of carbonyl (C=O) groups is 2. The molecule has 1 unspecified atom stereocenters. The minimum Gasteiger partial charge on any atom is -0.338 e. The van der Waals surface area contributed by atoms with Crippen molar-refractivity contribution in [2.75, 3.05) is 18.4 Å². The van der Waals surface area contributed by atoms with E-state index in [2.05, 4.69) is 15.4 Å². The van der Waals surface area contributed by atoms with E-state index < -0.39 is 0 Å².